The predicted molar refractivity (Wildman–Crippen MR) is 115 cm³/mol. The number of benzene rings is 2. The van der Waals surface area contributed by atoms with Crippen molar-refractivity contribution in [3.63, 3.8) is 0 Å². The maximum atomic E-state index is 13.4. The van der Waals surface area contributed by atoms with Crippen LogP contribution in [-0.2, 0) is 25.3 Å². The Morgan fingerprint density at radius 3 is 2.52 bits per heavy atom. The summed E-state index contributed by atoms with van der Waals surface area (Å²) in [5, 5.41) is 3.32. The first-order chi connectivity index (χ1) is 15.4. The highest BCUT2D eigenvalue weighted by molar-refractivity contribution is 7.85. The standard InChI is InChI=1S/C22H19F3N2O5S/c1-33(30,31)32-11-14-10-17(20(28)26-14)12-6-7-13-9-19(27-21(29)16(13)8-12)15-4-2-3-5-18(15)22(23,24)25/h2-9,14,17H,10-11H2,1H3,(H,26,28)(H,27,29). The van der Waals surface area contributed by atoms with Gasteiger partial charge in [-0.25, -0.2) is 0 Å². The molecule has 2 unspecified atom stereocenters. The van der Waals surface area contributed by atoms with Gasteiger partial charge in [0.05, 0.1) is 30.4 Å². The van der Waals surface area contributed by atoms with Crippen molar-refractivity contribution in [1.29, 1.82) is 0 Å². The normalized spacial score (nSPS) is 19.1. The molecule has 1 saturated heterocycles. The van der Waals surface area contributed by atoms with Crippen molar-refractivity contribution in [2.45, 2.75) is 24.6 Å². The van der Waals surface area contributed by atoms with E-state index in [9.17, 15) is 31.2 Å². The van der Waals surface area contributed by atoms with Gasteiger partial charge >= 0.3 is 6.18 Å². The van der Waals surface area contributed by atoms with E-state index in [0.717, 1.165) is 12.3 Å². The zero-order valence-electron chi connectivity index (χ0n) is 17.3. The van der Waals surface area contributed by atoms with Gasteiger partial charge in [-0.2, -0.15) is 21.6 Å². The monoisotopic (exact) mass is 480 g/mol. The molecule has 0 radical (unpaired) electrons. The van der Waals surface area contributed by atoms with E-state index in [1.807, 2.05) is 0 Å². The molecule has 174 valence electrons. The number of alkyl halides is 3. The minimum atomic E-state index is -4.58. The van der Waals surface area contributed by atoms with Crippen LogP contribution in [0.15, 0.2) is 53.3 Å². The second-order valence-electron chi connectivity index (χ2n) is 7.88. The molecule has 1 amide bonds. The van der Waals surface area contributed by atoms with Gasteiger partial charge < -0.3 is 10.3 Å². The summed E-state index contributed by atoms with van der Waals surface area (Å²) in [6.45, 7) is -0.197. The average molecular weight is 480 g/mol. The van der Waals surface area contributed by atoms with Gasteiger partial charge in [0.15, 0.2) is 0 Å². The first-order valence-corrected chi connectivity index (χ1v) is 11.7. The van der Waals surface area contributed by atoms with Crippen LogP contribution in [0.5, 0.6) is 0 Å². The van der Waals surface area contributed by atoms with Crippen LogP contribution in [0.25, 0.3) is 22.0 Å². The Balaban J connectivity index is 1.67. The van der Waals surface area contributed by atoms with Crippen molar-refractivity contribution < 1.29 is 30.6 Å². The molecule has 0 saturated carbocycles. The van der Waals surface area contributed by atoms with E-state index in [2.05, 4.69) is 10.3 Å². The number of hydrogen-bond acceptors (Lipinski definition) is 5. The molecule has 1 aliphatic heterocycles. The van der Waals surface area contributed by atoms with Crippen molar-refractivity contribution >= 4 is 26.8 Å². The van der Waals surface area contributed by atoms with Crippen LogP contribution in [0.2, 0.25) is 0 Å². The molecule has 7 nitrogen and oxygen atoms in total. The number of carbonyl (C=O) groups excluding carboxylic acids is 1. The van der Waals surface area contributed by atoms with E-state index < -0.39 is 39.4 Å². The molecule has 0 aliphatic carbocycles. The van der Waals surface area contributed by atoms with Gasteiger partial charge in [0.1, 0.15) is 0 Å². The Kier molecular flexibility index (Phi) is 5.79. The van der Waals surface area contributed by atoms with Crippen LogP contribution in [0.4, 0.5) is 13.2 Å². The van der Waals surface area contributed by atoms with Gasteiger partial charge in [-0.1, -0.05) is 30.3 Å². The van der Waals surface area contributed by atoms with Gasteiger partial charge in [0, 0.05) is 16.6 Å². The fraction of sp³-hybridized carbons (Fsp3) is 0.273. The number of H-pyrrole nitrogens is 1. The maximum Gasteiger partial charge on any atom is 0.417 e. The molecule has 2 N–H and O–H groups in total. The Bertz CT molecular complexity index is 1400. The van der Waals surface area contributed by atoms with Gasteiger partial charge in [0.25, 0.3) is 15.7 Å². The first-order valence-electron chi connectivity index (χ1n) is 9.91. The maximum absolute atomic E-state index is 13.4. The second-order valence-corrected chi connectivity index (χ2v) is 9.53. The van der Waals surface area contributed by atoms with Crippen LogP contribution < -0.4 is 10.9 Å². The van der Waals surface area contributed by atoms with Crippen LogP contribution in [0, 0.1) is 0 Å². The number of aromatic nitrogens is 1. The van der Waals surface area contributed by atoms with Crippen LogP contribution in [0.1, 0.15) is 23.5 Å². The summed E-state index contributed by atoms with van der Waals surface area (Å²) in [4.78, 5) is 27.6. The molecular formula is C22H19F3N2O5S. The molecule has 1 aliphatic rings. The Morgan fingerprint density at radius 1 is 1.09 bits per heavy atom. The lowest BCUT2D eigenvalue weighted by molar-refractivity contribution is -0.137. The fourth-order valence-electron chi connectivity index (χ4n) is 3.96. The van der Waals surface area contributed by atoms with E-state index in [0.29, 0.717) is 10.9 Å². The van der Waals surface area contributed by atoms with Crippen molar-refractivity contribution in [3.8, 4) is 11.3 Å². The average Bonchev–Trinajstić information content (AvgIpc) is 3.11. The third kappa shape index (κ3) is 4.93. The summed E-state index contributed by atoms with van der Waals surface area (Å²) in [5.41, 5.74) is -1.02. The Morgan fingerprint density at radius 2 is 1.82 bits per heavy atom. The van der Waals surface area contributed by atoms with Crippen molar-refractivity contribution in [2.75, 3.05) is 12.9 Å². The van der Waals surface area contributed by atoms with E-state index >= 15 is 0 Å². The molecule has 0 spiro atoms. The number of hydrogen-bond donors (Lipinski definition) is 2. The Labute approximate surface area is 186 Å². The summed E-state index contributed by atoms with van der Waals surface area (Å²) in [6, 6.07) is 10.7. The molecule has 4 rings (SSSR count). The van der Waals surface area contributed by atoms with Crippen molar-refractivity contribution in [2.24, 2.45) is 0 Å². The second kappa shape index (κ2) is 8.31. The first kappa shape index (κ1) is 23.0. The third-order valence-corrected chi connectivity index (χ3v) is 6.03. The number of carbonyl (C=O) groups is 1. The molecule has 2 heterocycles. The Hall–Kier alpha value is -3.18. The summed E-state index contributed by atoms with van der Waals surface area (Å²) in [5.74, 6) is -0.948. The highest BCUT2D eigenvalue weighted by atomic mass is 32.2. The number of halogens is 3. The smallest absolute Gasteiger partial charge is 0.350 e. The molecular weight excluding hydrogens is 461 g/mol. The molecule has 33 heavy (non-hydrogen) atoms. The number of amides is 1. The van der Waals surface area contributed by atoms with Crippen molar-refractivity contribution in [3.05, 3.63) is 70.0 Å². The SMILES string of the molecule is CS(=O)(=O)OCC1CC(c2ccc3cc(-c4ccccc4C(F)(F)F)[nH]c(=O)c3c2)C(=O)N1. The number of nitrogens with one attached hydrogen (secondary N) is 2. The fourth-order valence-corrected chi connectivity index (χ4v) is 4.37. The lowest BCUT2D eigenvalue weighted by Crippen LogP contribution is -2.30. The summed E-state index contributed by atoms with van der Waals surface area (Å²) in [6.07, 6.45) is -3.40. The molecule has 0 bridgehead atoms. The largest absolute Gasteiger partial charge is 0.417 e. The van der Waals surface area contributed by atoms with E-state index in [4.69, 9.17) is 4.18 Å². The highest BCUT2D eigenvalue weighted by Gasteiger charge is 2.35. The number of pyridine rings is 1. The van der Waals surface area contributed by atoms with Crippen molar-refractivity contribution in [1.82, 2.24) is 10.3 Å². The zero-order chi connectivity index (χ0) is 24.0. The molecule has 2 atom stereocenters. The number of rotatable bonds is 5. The van der Waals surface area contributed by atoms with E-state index in [1.165, 1.54) is 30.3 Å². The summed E-state index contributed by atoms with van der Waals surface area (Å²) < 4.78 is 67.3. The zero-order valence-corrected chi connectivity index (χ0v) is 18.1. The molecule has 2 aromatic carbocycles. The predicted octanol–water partition coefficient (Wildman–Crippen LogP) is 3.16. The van der Waals surface area contributed by atoms with Gasteiger partial charge in [-0.05, 0) is 35.6 Å². The number of aromatic amines is 1. The lowest BCUT2D eigenvalue weighted by Gasteiger charge is -2.14. The van der Waals surface area contributed by atoms with E-state index in [1.54, 1.807) is 12.1 Å². The van der Waals surface area contributed by atoms with Crippen LogP contribution in [0.3, 0.4) is 0 Å². The molecule has 3 aromatic rings. The molecule has 1 fully saturated rings. The minimum Gasteiger partial charge on any atom is -0.350 e. The van der Waals surface area contributed by atoms with Gasteiger partial charge in [-0.15, -0.1) is 0 Å². The summed E-state index contributed by atoms with van der Waals surface area (Å²) in [7, 11) is -3.65. The highest BCUT2D eigenvalue weighted by Crippen LogP contribution is 2.37. The van der Waals surface area contributed by atoms with E-state index in [-0.39, 0.29) is 35.6 Å². The topological polar surface area (TPSA) is 105 Å². The van der Waals surface area contributed by atoms with Crippen LogP contribution in [-0.4, -0.2) is 38.2 Å². The lowest BCUT2D eigenvalue weighted by atomic mass is 9.93. The number of fused-ring (bicyclic) bond motifs is 1. The van der Waals surface area contributed by atoms with Crippen LogP contribution >= 0.6 is 0 Å². The molecule has 11 heteroatoms. The quantitative estimate of drug-likeness (QED) is 0.546. The minimum absolute atomic E-state index is 0.0322. The van der Waals surface area contributed by atoms with Gasteiger partial charge in [0.2, 0.25) is 5.91 Å². The van der Waals surface area contributed by atoms with Gasteiger partial charge in [-0.3, -0.25) is 13.8 Å². The summed E-state index contributed by atoms with van der Waals surface area (Å²) >= 11 is 0. The molecule has 1 aromatic heterocycles. The third-order valence-electron chi connectivity index (χ3n) is 5.46.